The second kappa shape index (κ2) is 8.39. The summed E-state index contributed by atoms with van der Waals surface area (Å²) in [4.78, 5) is 23.5. The lowest BCUT2D eigenvalue weighted by molar-refractivity contribution is -0.113. The fourth-order valence-corrected chi connectivity index (χ4v) is 2.85. The highest BCUT2D eigenvalue weighted by molar-refractivity contribution is 5.99. The van der Waals surface area contributed by atoms with E-state index in [0.717, 1.165) is 0 Å². The molecule has 140 valence electrons. The number of carbonyl (C=O) groups excluding carboxylic acids is 2. The molecule has 3 aromatic rings. The number of ketones is 1. The number of hydrogen-bond acceptors (Lipinski definition) is 2. The molecule has 3 rings (SSSR count). The Bertz CT molecular complexity index is 1070. The zero-order chi connectivity index (χ0) is 20.1. The molecule has 3 aromatic carbocycles. The maximum Gasteiger partial charge on any atom is 0.241 e. The van der Waals surface area contributed by atoms with Gasteiger partial charge in [-0.15, -0.1) is 0 Å². The maximum absolute atomic E-state index is 14.2. The number of primary amides is 1. The first-order chi connectivity index (χ1) is 13.4. The third-order valence-electron chi connectivity index (χ3n) is 4.18. The van der Waals surface area contributed by atoms with Crippen LogP contribution in [0.15, 0.2) is 72.8 Å². The summed E-state index contributed by atoms with van der Waals surface area (Å²) in [6.45, 7) is 0. The van der Waals surface area contributed by atoms with Gasteiger partial charge in [0.05, 0.1) is 5.56 Å². The van der Waals surface area contributed by atoms with Crippen molar-refractivity contribution < 1.29 is 18.4 Å². The van der Waals surface area contributed by atoms with Crippen LogP contribution < -0.4 is 5.73 Å². The third kappa shape index (κ3) is 4.76. The van der Waals surface area contributed by atoms with Crippen LogP contribution in [0.25, 0.3) is 17.2 Å². The number of rotatable bonds is 6. The Kier molecular flexibility index (Phi) is 5.75. The average Bonchev–Trinajstić information content (AvgIpc) is 2.67. The van der Waals surface area contributed by atoms with Crippen molar-refractivity contribution in [1.29, 1.82) is 0 Å². The fraction of sp³-hybridized carbons (Fsp3) is 0.0435. The molecule has 0 aliphatic rings. The molecule has 0 aliphatic carbocycles. The summed E-state index contributed by atoms with van der Waals surface area (Å²) in [5, 5.41) is 0. The largest absolute Gasteiger partial charge is 0.366 e. The maximum atomic E-state index is 14.2. The minimum absolute atomic E-state index is 0.0121. The predicted octanol–water partition coefficient (Wildman–Crippen LogP) is 4.56. The zero-order valence-corrected chi connectivity index (χ0v) is 14.9. The lowest BCUT2D eigenvalue weighted by Gasteiger charge is -2.08. The number of nitrogens with two attached hydrogens (primary N) is 1. The highest BCUT2D eigenvalue weighted by Crippen LogP contribution is 2.24. The SMILES string of the molecule is NC(=O)/C=C/c1cccc(CC(=O)c2cc(-c3cccc(F)c3)ccc2F)c1. The second-order valence-electron chi connectivity index (χ2n) is 6.29. The highest BCUT2D eigenvalue weighted by Gasteiger charge is 2.14. The van der Waals surface area contributed by atoms with Crippen molar-refractivity contribution in [2.75, 3.05) is 0 Å². The van der Waals surface area contributed by atoms with Crippen molar-refractivity contribution >= 4 is 17.8 Å². The molecule has 28 heavy (non-hydrogen) atoms. The van der Waals surface area contributed by atoms with E-state index in [1.165, 1.54) is 36.4 Å². The molecule has 0 saturated heterocycles. The zero-order valence-electron chi connectivity index (χ0n) is 14.9. The van der Waals surface area contributed by atoms with Crippen LogP contribution in [0.1, 0.15) is 21.5 Å². The second-order valence-corrected chi connectivity index (χ2v) is 6.29. The smallest absolute Gasteiger partial charge is 0.241 e. The van der Waals surface area contributed by atoms with Gasteiger partial charge >= 0.3 is 0 Å². The molecule has 0 bridgehead atoms. The van der Waals surface area contributed by atoms with E-state index in [9.17, 15) is 18.4 Å². The molecule has 0 aromatic heterocycles. The molecule has 0 fully saturated rings. The molecule has 3 nitrogen and oxygen atoms in total. The number of hydrogen-bond donors (Lipinski definition) is 1. The van der Waals surface area contributed by atoms with Gasteiger partial charge in [-0.25, -0.2) is 8.78 Å². The van der Waals surface area contributed by atoms with Crippen LogP contribution in [0.5, 0.6) is 0 Å². The fourth-order valence-electron chi connectivity index (χ4n) is 2.85. The van der Waals surface area contributed by atoms with E-state index >= 15 is 0 Å². The van der Waals surface area contributed by atoms with E-state index in [0.29, 0.717) is 22.3 Å². The lowest BCUT2D eigenvalue weighted by atomic mass is 9.97. The van der Waals surface area contributed by atoms with Crippen molar-refractivity contribution in [1.82, 2.24) is 0 Å². The van der Waals surface area contributed by atoms with Crippen LogP contribution in [0.3, 0.4) is 0 Å². The topological polar surface area (TPSA) is 60.2 Å². The van der Waals surface area contributed by atoms with Crippen molar-refractivity contribution in [3.8, 4) is 11.1 Å². The Morgan fingerprint density at radius 2 is 1.64 bits per heavy atom. The van der Waals surface area contributed by atoms with E-state index < -0.39 is 23.3 Å². The van der Waals surface area contributed by atoms with Gasteiger partial charge < -0.3 is 5.73 Å². The summed E-state index contributed by atoms with van der Waals surface area (Å²) < 4.78 is 27.7. The molecular weight excluding hydrogens is 360 g/mol. The quantitative estimate of drug-likeness (QED) is 0.506. The number of halogens is 2. The van der Waals surface area contributed by atoms with Crippen LogP contribution in [0.2, 0.25) is 0 Å². The lowest BCUT2D eigenvalue weighted by Crippen LogP contribution is -2.07. The van der Waals surface area contributed by atoms with Crippen LogP contribution in [0.4, 0.5) is 8.78 Å². The number of Topliss-reactive ketones (excluding diaryl/α,β-unsaturated/α-hetero) is 1. The van der Waals surface area contributed by atoms with Gasteiger partial charge in [0, 0.05) is 12.5 Å². The van der Waals surface area contributed by atoms with Crippen LogP contribution in [0, 0.1) is 11.6 Å². The minimum Gasteiger partial charge on any atom is -0.366 e. The minimum atomic E-state index is -0.630. The molecule has 5 heteroatoms. The number of amides is 1. The Hall–Kier alpha value is -3.60. The van der Waals surface area contributed by atoms with E-state index in [1.54, 1.807) is 42.5 Å². The first-order valence-electron chi connectivity index (χ1n) is 8.57. The third-order valence-corrected chi connectivity index (χ3v) is 4.18. The summed E-state index contributed by atoms with van der Waals surface area (Å²) in [5.41, 5.74) is 7.52. The number of benzene rings is 3. The Morgan fingerprint density at radius 3 is 2.39 bits per heavy atom. The molecule has 0 radical (unpaired) electrons. The van der Waals surface area contributed by atoms with E-state index in [-0.39, 0.29) is 12.0 Å². The van der Waals surface area contributed by atoms with Gasteiger partial charge in [-0.2, -0.15) is 0 Å². The standard InChI is InChI=1S/C23H17F2NO2/c24-19-6-2-5-17(13-19)18-8-9-21(25)20(14-18)22(27)12-16-4-1-3-15(11-16)7-10-23(26)28/h1-11,13-14H,12H2,(H2,26,28)/b10-7+. The van der Waals surface area contributed by atoms with Gasteiger partial charge in [-0.05, 0) is 52.6 Å². The van der Waals surface area contributed by atoms with E-state index in [1.807, 2.05) is 0 Å². The van der Waals surface area contributed by atoms with Crippen molar-refractivity contribution in [3.05, 3.63) is 101 Å². The molecule has 0 unspecified atom stereocenters. The van der Waals surface area contributed by atoms with Crippen molar-refractivity contribution in [3.63, 3.8) is 0 Å². The van der Waals surface area contributed by atoms with Gasteiger partial charge in [-0.1, -0.05) is 42.5 Å². The molecule has 2 N–H and O–H groups in total. The van der Waals surface area contributed by atoms with E-state index in [2.05, 4.69) is 0 Å². The summed E-state index contributed by atoms with van der Waals surface area (Å²) in [5.74, 6) is -2.00. The van der Waals surface area contributed by atoms with Gasteiger partial charge in [0.25, 0.3) is 0 Å². The first kappa shape index (κ1) is 19.2. The summed E-state index contributed by atoms with van der Waals surface area (Å²) in [6.07, 6.45) is 2.76. The normalized spacial score (nSPS) is 10.9. The van der Waals surface area contributed by atoms with Crippen LogP contribution >= 0.6 is 0 Å². The highest BCUT2D eigenvalue weighted by atomic mass is 19.1. The van der Waals surface area contributed by atoms with Crippen LogP contribution in [-0.4, -0.2) is 11.7 Å². The predicted molar refractivity (Wildman–Crippen MR) is 104 cm³/mol. The molecule has 0 atom stereocenters. The number of carbonyl (C=O) groups is 2. The van der Waals surface area contributed by atoms with E-state index in [4.69, 9.17) is 5.73 Å². The van der Waals surface area contributed by atoms with Crippen molar-refractivity contribution in [2.24, 2.45) is 5.73 Å². The Labute approximate surface area is 161 Å². The Balaban J connectivity index is 1.86. The van der Waals surface area contributed by atoms with Crippen molar-refractivity contribution in [2.45, 2.75) is 6.42 Å². The van der Waals surface area contributed by atoms with Gasteiger partial charge in [-0.3, -0.25) is 9.59 Å². The first-order valence-corrected chi connectivity index (χ1v) is 8.57. The van der Waals surface area contributed by atoms with Gasteiger partial charge in [0.2, 0.25) is 5.91 Å². The van der Waals surface area contributed by atoms with Crippen LogP contribution in [-0.2, 0) is 11.2 Å². The van der Waals surface area contributed by atoms with Gasteiger partial charge in [0.1, 0.15) is 11.6 Å². The summed E-state index contributed by atoms with van der Waals surface area (Å²) >= 11 is 0. The van der Waals surface area contributed by atoms with Gasteiger partial charge in [0.15, 0.2) is 5.78 Å². The summed E-state index contributed by atoms with van der Waals surface area (Å²) in [6, 6.07) is 17.0. The average molecular weight is 377 g/mol. The summed E-state index contributed by atoms with van der Waals surface area (Å²) in [7, 11) is 0. The molecule has 1 amide bonds. The Morgan fingerprint density at radius 1 is 0.893 bits per heavy atom. The molecule has 0 saturated carbocycles. The monoisotopic (exact) mass is 377 g/mol. The molecular formula is C23H17F2NO2. The molecule has 0 aliphatic heterocycles. The molecule has 0 heterocycles. The molecule has 0 spiro atoms.